The number of aromatic nitrogens is 1. The summed E-state index contributed by atoms with van der Waals surface area (Å²) in [7, 11) is -3.04. The zero-order valence-corrected chi connectivity index (χ0v) is 28.4. The smallest absolute Gasteiger partial charge is 0.253 e. The summed E-state index contributed by atoms with van der Waals surface area (Å²) in [5.74, 6) is 2.14. The van der Waals surface area contributed by atoms with Crippen LogP contribution in [0.3, 0.4) is 0 Å². The summed E-state index contributed by atoms with van der Waals surface area (Å²) in [6.07, 6.45) is 5.07. The lowest BCUT2D eigenvalue weighted by Crippen LogP contribution is -2.54. The number of benzene rings is 1. The van der Waals surface area contributed by atoms with Gasteiger partial charge in [-0.1, -0.05) is 12.1 Å². The highest BCUT2D eigenvalue weighted by molar-refractivity contribution is 7.99. The average Bonchev–Trinajstić information content (AvgIpc) is 3.85. The molecule has 2 aromatic heterocycles. The van der Waals surface area contributed by atoms with E-state index in [0.717, 1.165) is 124 Å². The van der Waals surface area contributed by atoms with Crippen molar-refractivity contribution in [2.24, 2.45) is 0 Å². The van der Waals surface area contributed by atoms with Crippen LogP contribution >= 0.6 is 23.1 Å². The van der Waals surface area contributed by atoms with Crippen LogP contribution in [-0.4, -0.2) is 127 Å². The topological polar surface area (TPSA) is 89.1 Å². The molecule has 1 saturated carbocycles. The van der Waals surface area contributed by atoms with Crippen LogP contribution in [0.5, 0.6) is 0 Å². The molecular formula is C33H44N6O3S3. The molecule has 45 heavy (non-hydrogen) atoms. The van der Waals surface area contributed by atoms with Crippen molar-refractivity contribution in [2.75, 3.05) is 82.3 Å². The van der Waals surface area contributed by atoms with Gasteiger partial charge >= 0.3 is 0 Å². The zero-order chi connectivity index (χ0) is 30.8. The number of fused-ring (bicyclic) bond motifs is 1. The molecule has 3 saturated heterocycles. The van der Waals surface area contributed by atoms with Crippen molar-refractivity contribution in [1.29, 1.82) is 0 Å². The normalized spacial score (nSPS) is 21.4. The Morgan fingerprint density at radius 3 is 2.36 bits per heavy atom. The number of carbonyl (C=O) groups is 1. The number of carbonyl (C=O) groups excluding carboxylic acids is 1. The predicted molar refractivity (Wildman–Crippen MR) is 186 cm³/mol. The summed E-state index contributed by atoms with van der Waals surface area (Å²) in [5.41, 5.74) is 4.80. The van der Waals surface area contributed by atoms with E-state index in [-0.39, 0.29) is 11.2 Å². The van der Waals surface area contributed by atoms with Crippen molar-refractivity contribution >= 4 is 54.9 Å². The molecule has 12 heteroatoms. The van der Waals surface area contributed by atoms with Crippen molar-refractivity contribution < 1.29 is 13.2 Å². The second kappa shape index (κ2) is 13.9. The van der Waals surface area contributed by atoms with Gasteiger partial charge in [-0.15, -0.1) is 11.3 Å². The minimum Gasteiger partial charge on any atom is -0.384 e. The molecule has 1 amide bonds. The fraction of sp³-hybridized carbons (Fsp3) is 0.576. The van der Waals surface area contributed by atoms with Crippen molar-refractivity contribution in [3.63, 3.8) is 0 Å². The highest BCUT2D eigenvalue weighted by atomic mass is 32.2. The number of hydrogen-bond acceptors (Lipinski definition) is 9. The highest BCUT2D eigenvalue weighted by Gasteiger charge is 2.41. The van der Waals surface area contributed by atoms with Gasteiger partial charge in [0, 0.05) is 74.5 Å². The quantitative estimate of drug-likeness (QED) is 0.316. The molecule has 0 spiro atoms. The van der Waals surface area contributed by atoms with Crippen molar-refractivity contribution in [3.05, 3.63) is 47.3 Å². The molecule has 3 aromatic rings. The number of sulfonamides is 1. The number of hydrogen-bond donors (Lipinski definition) is 1. The third kappa shape index (κ3) is 7.21. The van der Waals surface area contributed by atoms with Gasteiger partial charge in [0.05, 0.1) is 26.8 Å². The van der Waals surface area contributed by atoms with Gasteiger partial charge in [-0.05, 0) is 81.4 Å². The van der Waals surface area contributed by atoms with Gasteiger partial charge in [-0.25, -0.2) is 13.4 Å². The van der Waals surface area contributed by atoms with Gasteiger partial charge in [-0.3, -0.25) is 9.69 Å². The molecule has 5 heterocycles. The number of nitrogens with one attached hydrogen (secondary N) is 1. The van der Waals surface area contributed by atoms with Crippen LogP contribution in [0.25, 0.3) is 21.5 Å². The minimum absolute atomic E-state index is 0.0993. The Morgan fingerprint density at radius 1 is 0.911 bits per heavy atom. The minimum atomic E-state index is -3.04. The molecule has 3 aliphatic heterocycles. The van der Waals surface area contributed by atoms with E-state index in [9.17, 15) is 13.2 Å². The molecule has 4 fully saturated rings. The van der Waals surface area contributed by atoms with Gasteiger partial charge < -0.3 is 15.1 Å². The van der Waals surface area contributed by atoms with Crippen LogP contribution in [0.1, 0.15) is 42.5 Å². The Bertz CT molecular complexity index is 1570. The van der Waals surface area contributed by atoms with Crippen LogP contribution in [0, 0.1) is 0 Å². The Labute approximate surface area is 275 Å². The lowest BCUT2D eigenvalue weighted by atomic mass is 10.0. The van der Waals surface area contributed by atoms with Gasteiger partial charge in [0.2, 0.25) is 10.0 Å². The van der Waals surface area contributed by atoms with Crippen molar-refractivity contribution in [1.82, 2.24) is 24.0 Å². The molecule has 1 aliphatic carbocycles. The van der Waals surface area contributed by atoms with Gasteiger partial charge in [0.25, 0.3) is 5.91 Å². The van der Waals surface area contributed by atoms with E-state index < -0.39 is 10.0 Å². The maximum absolute atomic E-state index is 12.9. The SMILES string of the molecule is O=C(c1ccc(-c2cc(NCCCN3CCC(N4CCN(S(=O)(=O)C5CC5)CC4)CC3)c3sccc3n2)cc1)N1CCSCC1. The predicted octanol–water partition coefficient (Wildman–Crippen LogP) is 4.53. The Hall–Kier alpha value is -2.22. The number of thiophene rings is 1. The summed E-state index contributed by atoms with van der Waals surface area (Å²) in [5, 5.41) is 5.70. The third-order valence-corrected chi connectivity index (χ3v) is 14.0. The number of piperazine rings is 1. The number of rotatable bonds is 10. The summed E-state index contributed by atoms with van der Waals surface area (Å²) in [4.78, 5) is 24.9. The summed E-state index contributed by atoms with van der Waals surface area (Å²) < 4.78 is 28.1. The van der Waals surface area contributed by atoms with Gasteiger partial charge in [0.15, 0.2) is 0 Å². The molecule has 9 nitrogen and oxygen atoms in total. The number of likely N-dealkylation sites (tertiary alicyclic amines) is 1. The first-order chi connectivity index (χ1) is 22.0. The summed E-state index contributed by atoms with van der Waals surface area (Å²) in [6.45, 7) is 8.87. The largest absolute Gasteiger partial charge is 0.384 e. The highest BCUT2D eigenvalue weighted by Crippen LogP contribution is 2.33. The lowest BCUT2D eigenvalue weighted by Gasteiger charge is -2.42. The van der Waals surface area contributed by atoms with Gasteiger partial charge in [-0.2, -0.15) is 16.1 Å². The molecule has 242 valence electrons. The number of amides is 1. The number of thioether (sulfide) groups is 1. The monoisotopic (exact) mass is 668 g/mol. The molecule has 1 aromatic carbocycles. The number of pyridine rings is 1. The van der Waals surface area contributed by atoms with Gasteiger partial charge in [0.1, 0.15) is 0 Å². The second-order valence-electron chi connectivity index (χ2n) is 12.7. The van der Waals surface area contributed by atoms with E-state index in [1.165, 1.54) is 4.70 Å². The summed E-state index contributed by atoms with van der Waals surface area (Å²) in [6, 6.07) is 12.7. The number of piperidine rings is 1. The van der Waals surface area contributed by atoms with Crippen molar-refractivity contribution in [2.45, 2.75) is 43.4 Å². The molecule has 0 atom stereocenters. The number of anilines is 1. The van der Waals surface area contributed by atoms with E-state index >= 15 is 0 Å². The maximum atomic E-state index is 12.9. The molecule has 4 aliphatic rings. The molecular weight excluding hydrogens is 625 g/mol. The van der Waals surface area contributed by atoms with Crippen LogP contribution in [0.2, 0.25) is 0 Å². The van der Waals surface area contributed by atoms with E-state index in [2.05, 4.69) is 32.6 Å². The molecule has 0 radical (unpaired) electrons. The zero-order valence-electron chi connectivity index (χ0n) is 25.9. The first-order valence-corrected chi connectivity index (χ1v) is 20.0. The molecule has 0 unspecified atom stereocenters. The van der Waals surface area contributed by atoms with E-state index in [1.807, 2.05) is 40.9 Å². The van der Waals surface area contributed by atoms with E-state index in [1.54, 1.807) is 15.6 Å². The average molecular weight is 669 g/mol. The first-order valence-electron chi connectivity index (χ1n) is 16.5. The Kier molecular flexibility index (Phi) is 9.67. The Morgan fingerprint density at radius 2 is 1.64 bits per heavy atom. The fourth-order valence-electron chi connectivity index (χ4n) is 6.90. The van der Waals surface area contributed by atoms with E-state index in [0.29, 0.717) is 19.1 Å². The fourth-order valence-corrected chi connectivity index (χ4v) is 10.5. The van der Waals surface area contributed by atoms with Crippen LogP contribution in [0.15, 0.2) is 41.8 Å². The van der Waals surface area contributed by atoms with Crippen LogP contribution in [0.4, 0.5) is 5.69 Å². The van der Waals surface area contributed by atoms with Crippen LogP contribution < -0.4 is 5.32 Å². The molecule has 0 bridgehead atoms. The van der Waals surface area contributed by atoms with Crippen LogP contribution in [-0.2, 0) is 10.0 Å². The van der Waals surface area contributed by atoms with E-state index in [4.69, 9.17) is 4.98 Å². The van der Waals surface area contributed by atoms with Crippen molar-refractivity contribution in [3.8, 4) is 11.3 Å². The number of nitrogens with zero attached hydrogens (tertiary/aromatic N) is 5. The third-order valence-electron chi connectivity index (χ3n) is 9.76. The second-order valence-corrected chi connectivity index (χ2v) is 17.1. The lowest BCUT2D eigenvalue weighted by molar-refractivity contribution is 0.0772. The summed E-state index contributed by atoms with van der Waals surface area (Å²) >= 11 is 3.63. The maximum Gasteiger partial charge on any atom is 0.253 e. The molecule has 1 N–H and O–H groups in total. The standard InChI is InChI=1S/C33H44N6O3S3/c40-33(38-19-22-43-23-20-38)26-4-2-25(3-5-26)30-24-31(32-29(35-30)10-21-44-32)34-11-1-12-36-13-8-27(9-14-36)37-15-17-39(18-16-37)45(41,42)28-6-7-28/h2-5,10,21,24,27-28H,1,6-9,11-20,22-23H2,(H,34,35). The Balaban J connectivity index is 0.884. The first kappa shape index (κ1) is 31.4. The molecule has 7 rings (SSSR count).